The fraction of sp³-hybridized carbons (Fsp3) is 0.769. The lowest BCUT2D eigenvalue weighted by Gasteiger charge is -2.44. The zero-order chi connectivity index (χ0) is 18.7. The third kappa shape index (κ3) is 4.85. The van der Waals surface area contributed by atoms with E-state index >= 15 is 0 Å². The van der Waals surface area contributed by atoms with Crippen LogP contribution in [-0.4, -0.2) is 86.1 Å². The summed E-state index contributed by atoms with van der Waals surface area (Å²) in [6.45, 7) is 1.93. The molecule has 11 nitrogen and oxygen atoms in total. The number of aliphatic carboxylic acids is 1. The van der Waals surface area contributed by atoms with Crippen molar-refractivity contribution in [3.63, 3.8) is 0 Å². The highest BCUT2D eigenvalue weighted by Gasteiger charge is 2.53. The summed E-state index contributed by atoms with van der Waals surface area (Å²) in [4.78, 5) is 33.2. The predicted molar refractivity (Wildman–Crippen MR) is 76.4 cm³/mol. The minimum Gasteiger partial charge on any atom is -0.477 e. The van der Waals surface area contributed by atoms with Crippen LogP contribution in [0, 0.1) is 0 Å². The number of aliphatic hydroxyl groups is 4. The molecule has 0 aliphatic carbocycles. The summed E-state index contributed by atoms with van der Waals surface area (Å²) in [5.74, 6) is -5.67. The average Bonchev–Trinajstić information content (AvgIpc) is 2.46. The molecular formula is C13H22N2O9. The Kier molecular flexibility index (Phi) is 6.63. The quantitative estimate of drug-likeness (QED) is 0.253. The molecule has 1 aliphatic heterocycles. The van der Waals surface area contributed by atoms with Gasteiger partial charge in [0.25, 0.3) is 5.79 Å². The molecule has 0 unspecified atom stereocenters. The highest BCUT2D eigenvalue weighted by Crippen LogP contribution is 2.30. The Bertz CT molecular complexity index is 500. The highest BCUT2D eigenvalue weighted by atomic mass is 16.7. The molecule has 0 bridgehead atoms. The highest BCUT2D eigenvalue weighted by molar-refractivity contribution is 5.76. The monoisotopic (exact) mass is 350 g/mol. The molecular weight excluding hydrogens is 328 g/mol. The summed E-state index contributed by atoms with van der Waals surface area (Å²) in [6, 6.07) is -1.27. The van der Waals surface area contributed by atoms with E-state index in [9.17, 15) is 34.8 Å². The number of carboxylic acid groups (broad SMARTS) is 1. The van der Waals surface area contributed by atoms with Crippen molar-refractivity contribution >= 4 is 17.8 Å². The van der Waals surface area contributed by atoms with E-state index in [4.69, 9.17) is 9.84 Å². The second-order valence-electron chi connectivity index (χ2n) is 5.66. The van der Waals surface area contributed by atoms with E-state index in [-0.39, 0.29) is 6.54 Å². The summed E-state index contributed by atoms with van der Waals surface area (Å²) in [5, 5.41) is 53.6. The van der Waals surface area contributed by atoms with Gasteiger partial charge < -0.3 is 40.9 Å². The van der Waals surface area contributed by atoms with E-state index in [2.05, 4.69) is 10.6 Å². The number of carbonyl (C=O) groups is 3. The fourth-order valence-electron chi connectivity index (χ4n) is 2.40. The van der Waals surface area contributed by atoms with Crippen molar-refractivity contribution in [3.8, 4) is 0 Å². The molecule has 1 fully saturated rings. The van der Waals surface area contributed by atoms with Crippen LogP contribution in [0.5, 0.6) is 0 Å². The van der Waals surface area contributed by atoms with Crippen LogP contribution in [0.25, 0.3) is 0 Å². The van der Waals surface area contributed by atoms with E-state index in [0.29, 0.717) is 0 Å². The molecule has 0 saturated carbocycles. The van der Waals surface area contributed by atoms with Gasteiger partial charge in [0, 0.05) is 26.8 Å². The van der Waals surface area contributed by atoms with Crippen LogP contribution in [0.2, 0.25) is 0 Å². The molecule has 0 aromatic heterocycles. The van der Waals surface area contributed by atoms with Crippen LogP contribution < -0.4 is 10.6 Å². The smallest absolute Gasteiger partial charge is 0.364 e. The van der Waals surface area contributed by atoms with E-state index in [0.717, 1.165) is 6.92 Å². The Morgan fingerprint density at radius 1 is 1.25 bits per heavy atom. The largest absolute Gasteiger partial charge is 0.477 e. The molecule has 24 heavy (non-hydrogen) atoms. The summed E-state index contributed by atoms with van der Waals surface area (Å²) in [7, 11) is 0. The zero-order valence-corrected chi connectivity index (χ0v) is 13.2. The van der Waals surface area contributed by atoms with Crippen LogP contribution in [-0.2, 0) is 19.1 Å². The summed E-state index contributed by atoms with van der Waals surface area (Å²) >= 11 is 0. The minimum atomic E-state index is -2.80. The standard InChI is InChI=1S/C13H22N2O9/c1-5(16)14-4-8(19)10(20)11-9(15-6(2)17)7(18)3-13(23,24-11)12(21)22/h7-11,18-20,23H,3-4H2,1-2H3,(H,14,16)(H,15,17)(H,21,22)/t7-,8+,9+,10+,11+,13+/m0/s1. The number of rotatable bonds is 6. The number of carbonyl (C=O) groups excluding carboxylic acids is 2. The van der Waals surface area contributed by atoms with Gasteiger partial charge in [-0.05, 0) is 0 Å². The van der Waals surface area contributed by atoms with Gasteiger partial charge in [0.1, 0.15) is 12.2 Å². The van der Waals surface area contributed by atoms with Crippen LogP contribution >= 0.6 is 0 Å². The molecule has 0 spiro atoms. The molecule has 138 valence electrons. The second kappa shape index (κ2) is 7.85. The second-order valence-corrected chi connectivity index (χ2v) is 5.66. The van der Waals surface area contributed by atoms with Gasteiger partial charge in [0.05, 0.1) is 18.2 Å². The van der Waals surface area contributed by atoms with E-state index in [1.54, 1.807) is 0 Å². The first-order valence-corrected chi connectivity index (χ1v) is 7.17. The number of nitrogens with one attached hydrogen (secondary N) is 2. The maximum absolute atomic E-state index is 11.2. The average molecular weight is 350 g/mol. The molecule has 0 radical (unpaired) electrons. The van der Waals surface area contributed by atoms with Gasteiger partial charge >= 0.3 is 5.97 Å². The normalized spacial score (nSPS) is 32.5. The van der Waals surface area contributed by atoms with Gasteiger partial charge in [-0.2, -0.15) is 0 Å². The van der Waals surface area contributed by atoms with Crippen molar-refractivity contribution in [1.29, 1.82) is 0 Å². The first-order valence-electron chi connectivity index (χ1n) is 7.17. The van der Waals surface area contributed by atoms with Crippen LogP contribution in [0.3, 0.4) is 0 Å². The molecule has 0 aromatic rings. The first kappa shape index (κ1) is 20.3. The lowest BCUT2D eigenvalue weighted by molar-refractivity contribution is -0.294. The lowest BCUT2D eigenvalue weighted by atomic mass is 9.88. The van der Waals surface area contributed by atoms with Crippen molar-refractivity contribution in [1.82, 2.24) is 10.6 Å². The van der Waals surface area contributed by atoms with E-state index < -0.39 is 60.4 Å². The Hall–Kier alpha value is -1.79. The number of hydrogen-bond donors (Lipinski definition) is 7. The van der Waals surface area contributed by atoms with Gasteiger partial charge in [-0.25, -0.2) is 4.79 Å². The first-order chi connectivity index (χ1) is 11.0. The number of ether oxygens (including phenoxy) is 1. The van der Waals surface area contributed by atoms with Crippen LogP contribution in [0.4, 0.5) is 0 Å². The van der Waals surface area contributed by atoms with Crippen molar-refractivity contribution < 1.29 is 44.7 Å². The van der Waals surface area contributed by atoms with Crippen molar-refractivity contribution in [2.24, 2.45) is 0 Å². The van der Waals surface area contributed by atoms with Crippen molar-refractivity contribution in [3.05, 3.63) is 0 Å². The molecule has 0 aromatic carbocycles. The summed E-state index contributed by atoms with van der Waals surface area (Å²) < 4.78 is 4.97. The number of aliphatic hydroxyl groups excluding tert-OH is 3. The van der Waals surface area contributed by atoms with Gasteiger partial charge in [-0.1, -0.05) is 0 Å². The van der Waals surface area contributed by atoms with Gasteiger partial charge in [-0.3, -0.25) is 9.59 Å². The third-order valence-corrected chi connectivity index (χ3v) is 3.58. The summed E-state index contributed by atoms with van der Waals surface area (Å²) in [5.41, 5.74) is 0. The number of carboxylic acids is 1. The Labute approximate surface area is 137 Å². The molecule has 11 heteroatoms. The number of amides is 2. The molecule has 6 atom stereocenters. The van der Waals surface area contributed by atoms with E-state index in [1.165, 1.54) is 6.92 Å². The van der Waals surface area contributed by atoms with Crippen molar-refractivity contribution in [2.75, 3.05) is 6.54 Å². The third-order valence-electron chi connectivity index (χ3n) is 3.58. The summed E-state index contributed by atoms with van der Waals surface area (Å²) in [6.07, 6.45) is -7.36. The van der Waals surface area contributed by atoms with Gasteiger partial charge in [0.15, 0.2) is 0 Å². The number of hydrogen-bond acceptors (Lipinski definition) is 8. The van der Waals surface area contributed by atoms with Gasteiger partial charge in [-0.15, -0.1) is 0 Å². The molecule has 1 rings (SSSR count). The zero-order valence-electron chi connectivity index (χ0n) is 13.2. The Balaban J connectivity index is 3.01. The Morgan fingerprint density at radius 2 is 1.83 bits per heavy atom. The Morgan fingerprint density at radius 3 is 2.29 bits per heavy atom. The molecule has 1 heterocycles. The predicted octanol–water partition coefficient (Wildman–Crippen LogP) is -3.73. The maximum atomic E-state index is 11.2. The fourth-order valence-corrected chi connectivity index (χ4v) is 2.40. The minimum absolute atomic E-state index is 0.384. The maximum Gasteiger partial charge on any atom is 0.364 e. The van der Waals surface area contributed by atoms with Gasteiger partial charge in [0.2, 0.25) is 11.8 Å². The SMILES string of the molecule is CC(=O)NC[C@@H](O)[C@@H](O)[C@@H]1O[C@@](O)(C(=O)O)C[C@H](O)[C@H]1NC(C)=O. The molecule has 2 amide bonds. The molecule has 7 N–H and O–H groups in total. The van der Waals surface area contributed by atoms with Crippen LogP contribution in [0.1, 0.15) is 20.3 Å². The topological polar surface area (TPSA) is 186 Å². The van der Waals surface area contributed by atoms with Crippen molar-refractivity contribution in [2.45, 2.75) is 56.5 Å². The molecule has 1 aliphatic rings. The molecule has 1 saturated heterocycles. The lowest BCUT2D eigenvalue weighted by Crippen LogP contribution is -2.67. The van der Waals surface area contributed by atoms with E-state index in [1.807, 2.05) is 0 Å². The van der Waals surface area contributed by atoms with Crippen LogP contribution in [0.15, 0.2) is 0 Å².